The van der Waals surface area contributed by atoms with E-state index in [1.54, 1.807) is 0 Å². The Bertz CT molecular complexity index is 1160. The Labute approximate surface area is 233 Å². The van der Waals surface area contributed by atoms with Crippen LogP contribution in [-0.4, -0.2) is 22.2 Å². The number of rotatable bonds is 6. The van der Waals surface area contributed by atoms with Crippen LogP contribution >= 0.6 is 33.2 Å². The Kier molecular flexibility index (Phi) is 7.84. The molecule has 0 N–H and O–H groups in total. The van der Waals surface area contributed by atoms with Gasteiger partial charge in [-0.05, 0) is 67.1 Å². The maximum atomic E-state index is 6.68. The van der Waals surface area contributed by atoms with Crippen LogP contribution in [0.4, 0.5) is 0 Å². The van der Waals surface area contributed by atoms with Crippen molar-refractivity contribution in [2.75, 3.05) is 0 Å². The van der Waals surface area contributed by atoms with Crippen molar-refractivity contribution in [1.29, 1.82) is 0 Å². The highest BCUT2D eigenvalue weighted by Gasteiger charge is 2.22. The second kappa shape index (κ2) is 10.3. The lowest BCUT2D eigenvalue weighted by Gasteiger charge is -2.17. The first-order valence-corrected chi connectivity index (χ1v) is 24.3. The van der Waals surface area contributed by atoms with Gasteiger partial charge in [-0.25, -0.2) is 0 Å². The molecule has 6 heteroatoms. The van der Waals surface area contributed by atoms with Gasteiger partial charge in [0.15, 0.2) is 22.2 Å². The van der Waals surface area contributed by atoms with Crippen LogP contribution in [0.3, 0.4) is 0 Å². The van der Waals surface area contributed by atoms with Gasteiger partial charge in [0.05, 0.1) is 0 Å². The summed E-state index contributed by atoms with van der Waals surface area (Å²) >= 11 is 20.0. The van der Waals surface area contributed by atoms with Gasteiger partial charge in [0, 0.05) is 0 Å². The minimum Gasteiger partial charge on any atom is -0.162 e. The quantitative estimate of drug-likeness (QED) is 0.157. The minimum atomic E-state index is -1.87. The van der Waals surface area contributed by atoms with Gasteiger partial charge in [0.2, 0.25) is 0 Å². The molecule has 0 spiro atoms. The summed E-state index contributed by atoms with van der Waals surface area (Å²) in [6.45, 7) is 12.9. The van der Waals surface area contributed by atoms with E-state index in [9.17, 15) is 0 Å². The summed E-state index contributed by atoms with van der Waals surface area (Å²) in [4.78, 5) is 0. The Morgan fingerprint density at radius 2 is 0.528 bits per heavy atom. The molecule has 4 aromatic carbocycles. The summed E-state index contributed by atoms with van der Waals surface area (Å²) in [6.07, 6.45) is 0. The zero-order chi connectivity index (χ0) is 26.3. The highest BCUT2D eigenvalue weighted by molar-refractivity contribution is 7.27. The maximum absolute atomic E-state index is 6.68. The second-order valence-electron chi connectivity index (χ2n) is 10.9. The SMILES string of the molecule is C[Si](C)(Cl)c1ccc(-c2cc(-c3ccc([Si](C)(C)Cl)cc3)cc(-c3ccc([Si](C)(C)Cl)cc3)c2)cc1. The first-order valence-electron chi connectivity index (χ1n) is 12.3. The third kappa shape index (κ3) is 6.45. The summed E-state index contributed by atoms with van der Waals surface area (Å²) in [6, 6.07) is 33.2. The topological polar surface area (TPSA) is 0 Å². The summed E-state index contributed by atoms with van der Waals surface area (Å²) in [5.74, 6) is 0. The van der Waals surface area contributed by atoms with E-state index in [1.165, 1.54) is 48.9 Å². The molecular weight excluding hydrogens is 551 g/mol. The van der Waals surface area contributed by atoms with Crippen molar-refractivity contribution in [2.24, 2.45) is 0 Å². The summed E-state index contributed by atoms with van der Waals surface area (Å²) in [5.41, 5.74) is 7.14. The Hall–Kier alpha value is -1.60. The summed E-state index contributed by atoms with van der Waals surface area (Å²) in [7, 11) is -5.61. The zero-order valence-corrected chi connectivity index (χ0v) is 27.1. The van der Waals surface area contributed by atoms with E-state index in [4.69, 9.17) is 33.2 Å². The van der Waals surface area contributed by atoms with E-state index in [-0.39, 0.29) is 0 Å². The molecule has 4 aromatic rings. The second-order valence-corrected chi connectivity index (χ2v) is 30.0. The molecule has 0 aliphatic rings. The molecule has 0 radical (unpaired) electrons. The van der Waals surface area contributed by atoms with E-state index < -0.39 is 22.2 Å². The molecule has 0 unspecified atom stereocenters. The Balaban J connectivity index is 1.82. The third-order valence-corrected chi connectivity index (χ3v) is 13.7. The van der Waals surface area contributed by atoms with Crippen LogP contribution in [0.25, 0.3) is 33.4 Å². The van der Waals surface area contributed by atoms with Crippen molar-refractivity contribution < 1.29 is 0 Å². The largest absolute Gasteiger partial charge is 0.180 e. The number of hydrogen-bond donors (Lipinski definition) is 0. The van der Waals surface area contributed by atoms with Crippen molar-refractivity contribution in [1.82, 2.24) is 0 Å². The number of hydrogen-bond acceptors (Lipinski definition) is 0. The molecule has 4 rings (SSSR count). The van der Waals surface area contributed by atoms with Crippen molar-refractivity contribution in [3.05, 3.63) is 91.0 Å². The molecular formula is C30H33Cl3Si3. The van der Waals surface area contributed by atoms with Crippen LogP contribution in [0, 0.1) is 0 Å². The fourth-order valence-electron chi connectivity index (χ4n) is 4.30. The van der Waals surface area contributed by atoms with E-state index in [2.05, 4.69) is 130 Å². The van der Waals surface area contributed by atoms with Gasteiger partial charge in [-0.2, -0.15) is 33.2 Å². The van der Waals surface area contributed by atoms with Crippen LogP contribution in [0.2, 0.25) is 39.3 Å². The van der Waals surface area contributed by atoms with Crippen molar-refractivity contribution in [3.63, 3.8) is 0 Å². The van der Waals surface area contributed by atoms with Crippen LogP contribution in [-0.2, 0) is 0 Å². The van der Waals surface area contributed by atoms with Gasteiger partial charge < -0.3 is 0 Å². The minimum absolute atomic E-state index is 1.19. The van der Waals surface area contributed by atoms with Gasteiger partial charge in [0.1, 0.15) is 0 Å². The predicted octanol–water partition coefficient (Wildman–Crippen LogP) is 8.64. The van der Waals surface area contributed by atoms with Crippen molar-refractivity contribution in [3.8, 4) is 33.4 Å². The molecule has 0 heterocycles. The lowest BCUT2D eigenvalue weighted by molar-refractivity contribution is 1.57. The Morgan fingerprint density at radius 1 is 0.333 bits per heavy atom. The molecule has 0 aliphatic carbocycles. The molecule has 0 bridgehead atoms. The molecule has 36 heavy (non-hydrogen) atoms. The zero-order valence-electron chi connectivity index (χ0n) is 21.8. The maximum Gasteiger partial charge on any atom is 0.180 e. The van der Waals surface area contributed by atoms with E-state index in [0.29, 0.717) is 0 Å². The summed E-state index contributed by atoms with van der Waals surface area (Å²) in [5, 5.41) is 3.74. The average Bonchev–Trinajstić information content (AvgIpc) is 2.82. The van der Waals surface area contributed by atoms with Crippen molar-refractivity contribution in [2.45, 2.75) is 39.3 Å². The average molecular weight is 584 g/mol. The lowest BCUT2D eigenvalue weighted by atomic mass is 9.93. The van der Waals surface area contributed by atoms with Gasteiger partial charge in [-0.15, -0.1) is 0 Å². The monoisotopic (exact) mass is 582 g/mol. The fraction of sp³-hybridized carbons (Fsp3) is 0.200. The molecule has 186 valence electrons. The van der Waals surface area contributed by atoms with Crippen molar-refractivity contribution >= 4 is 70.9 Å². The van der Waals surface area contributed by atoms with Crippen LogP contribution < -0.4 is 15.6 Å². The highest BCUT2D eigenvalue weighted by atomic mass is 35.6. The highest BCUT2D eigenvalue weighted by Crippen LogP contribution is 2.33. The van der Waals surface area contributed by atoms with Crippen LogP contribution in [0.1, 0.15) is 0 Å². The molecule has 0 saturated carbocycles. The molecule has 0 saturated heterocycles. The third-order valence-electron chi connectivity index (χ3n) is 6.65. The molecule has 0 amide bonds. The van der Waals surface area contributed by atoms with Crippen LogP contribution in [0.15, 0.2) is 91.0 Å². The molecule has 0 aromatic heterocycles. The standard InChI is InChI=1S/C30H33Cl3Si3/c1-34(2,31)28-13-7-22(8-14-28)25-19-26(23-9-15-29(16-10-23)35(3,4)32)21-27(20-25)24-11-17-30(18-12-24)36(5,6)33/h7-21H,1-6H3. The first kappa shape index (κ1) is 27.4. The van der Waals surface area contributed by atoms with E-state index in [0.717, 1.165) is 0 Å². The number of benzene rings is 4. The predicted molar refractivity (Wildman–Crippen MR) is 172 cm³/mol. The summed E-state index contributed by atoms with van der Waals surface area (Å²) < 4.78 is 0. The molecule has 0 nitrogen and oxygen atoms in total. The lowest BCUT2D eigenvalue weighted by Crippen LogP contribution is -2.34. The molecule has 0 atom stereocenters. The smallest absolute Gasteiger partial charge is 0.162 e. The number of halogens is 3. The van der Waals surface area contributed by atoms with Crippen LogP contribution in [0.5, 0.6) is 0 Å². The molecule has 0 fully saturated rings. The molecule has 0 aliphatic heterocycles. The van der Waals surface area contributed by atoms with Gasteiger partial charge in [-0.1, -0.05) is 112 Å². The fourth-order valence-corrected chi connectivity index (χ4v) is 8.32. The van der Waals surface area contributed by atoms with Gasteiger partial charge >= 0.3 is 0 Å². The first-order chi connectivity index (χ1) is 16.7. The Morgan fingerprint density at radius 3 is 0.694 bits per heavy atom. The normalized spacial score (nSPS) is 12.6. The van der Waals surface area contributed by atoms with E-state index in [1.807, 2.05) is 0 Å². The van der Waals surface area contributed by atoms with Gasteiger partial charge in [0.25, 0.3) is 0 Å². The van der Waals surface area contributed by atoms with E-state index >= 15 is 0 Å². The van der Waals surface area contributed by atoms with Gasteiger partial charge in [-0.3, -0.25) is 0 Å².